The molecule has 0 saturated carbocycles. The molecule has 0 aliphatic carbocycles. The second-order valence-corrected chi connectivity index (χ2v) is 6.32. The molecule has 1 atom stereocenters. The molecule has 24 heavy (non-hydrogen) atoms. The Morgan fingerprint density at radius 1 is 1.29 bits per heavy atom. The summed E-state index contributed by atoms with van der Waals surface area (Å²) >= 11 is 0. The van der Waals surface area contributed by atoms with Crippen molar-refractivity contribution < 1.29 is 14.3 Å². The lowest BCUT2D eigenvalue weighted by molar-refractivity contribution is -0.150. The SMILES string of the molecule is CCOC(=O)C(CCOc1ccc(C)cc1)N1CCC(NC)CC1. The van der Waals surface area contributed by atoms with Crippen LogP contribution >= 0.6 is 0 Å². The lowest BCUT2D eigenvalue weighted by atomic mass is 10.0. The minimum absolute atomic E-state index is 0.132. The Balaban J connectivity index is 1.88. The van der Waals surface area contributed by atoms with Gasteiger partial charge in [0.1, 0.15) is 11.8 Å². The molecular weight excluding hydrogens is 304 g/mol. The van der Waals surface area contributed by atoms with Crippen molar-refractivity contribution in [2.75, 3.05) is 33.4 Å². The van der Waals surface area contributed by atoms with E-state index in [-0.39, 0.29) is 12.0 Å². The van der Waals surface area contributed by atoms with E-state index in [9.17, 15) is 4.79 Å². The minimum atomic E-state index is -0.215. The van der Waals surface area contributed by atoms with E-state index in [1.165, 1.54) is 5.56 Å². The first kappa shape index (κ1) is 18.7. The molecule has 1 aliphatic heterocycles. The molecule has 1 saturated heterocycles. The van der Waals surface area contributed by atoms with E-state index in [0.717, 1.165) is 31.7 Å². The number of carbonyl (C=O) groups excluding carboxylic acids is 1. The van der Waals surface area contributed by atoms with Crippen LogP contribution in [0.25, 0.3) is 0 Å². The van der Waals surface area contributed by atoms with Crippen LogP contribution in [0.1, 0.15) is 31.7 Å². The van der Waals surface area contributed by atoms with Crippen LogP contribution in [-0.2, 0) is 9.53 Å². The quantitative estimate of drug-likeness (QED) is 0.740. The number of benzene rings is 1. The van der Waals surface area contributed by atoms with E-state index in [1.54, 1.807) is 0 Å². The van der Waals surface area contributed by atoms with Crippen molar-refractivity contribution in [1.82, 2.24) is 10.2 Å². The minimum Gasteiger partial charge on any atom is -0.494 e. The molecule has 5 heteroatoms. The molecule has 1 fully saturated rings. The topological polar surface area (TPSA) is 50.8 Å². The fourth-order valence-electron chi connectivity index (χ4n) is 3.11. The fraction of sp³-hybridized carbons (Fsp3) is 0.632. The van der Waals surface area contributed by atoms with Gasteiger partial charge in [-0.15, -0.1) is 0 Å². The summed E-state index contributed by atoms with van der Waals surface area (Å²) in [6.07, 6.45) is 2.77. The molecule has 5 nitrogen and oxygen atoms in total. The monoisotopic (exact) mass is 334 g/mol. The summed E-state index contributed by atoms with van der Waals surface area (Å²) in [4.78, 5) is 14.6. The van der Waals surface area contributed by atoms with Crippen LogP contribution in [0.4, 0.5) is 0 Å². The fourth-order valence-corrected chi connectivity index (χ4v) is 3.11. The smallest absolute Gasteiger partial charge is 0.323 e. The van der Waals surface area contributed by atoms with Crippen LogP contribution < -0.4 is 10.1 Å². The molecule has 134 valence electrons. The van der Waals surface area contributed by atoms with Crippen molar-refractivity contribution in [3.05, 3.63) is 29.8 Å². The second kappa shape index (κ2) is 9.64. The highest BCUT2D eigenvalue weighted by Gasteiger charge is 2.30. The number of hydrogen-bond donors (Lipinski definition) is 1. The molecule has 0 radical (unpaired) electrons. The summed E-state index contributed by atoms with van der Waals surface area (Å²) in [5, 5.41) is 3.32. The van der Waals surface area contributed by atoms with E-state index in [4.69, 9.17) is 9.47 Å². The molecular formula is C19H30N2O3. The van der Waals surface area contributed by atoms with Crippen molar-refractivity contribution in [3.8, 4) is 5.75 Å². The van der Waals surface area contributed by atoms with Gasteiger partial charge < -0.3 is 14.8 Å². The normalized spacial score (nSPS) is 17.5. The predicted molar refractivity (Wildman–Crippen MR) is 95.4 cm³/mol. The molecule has 1 aromatic carbocycles. The summed E-state index contributed by atoms with van der Waals surface area (Å²) in [5.74, 6) is 0.713. The van der Waals surface area contributed by atoms with Gasteiger partial charge in [-0.1, -0.05) is 17.7 Å². The number of nitrogens with one attached hydrogen (secondary N) is 1. The third kappa shape index (κ3) is 5.49. The maximum atomic E-state index is 12.3. The molecule has 1 aromatic rings. The van der Waals surface area contributed by atoms with Gasteiger partial charge in [-0.25, -0.2) is 0 Å². The molecule has 0 bridgehead atoms. The van der Waals surface area contributed by atoms with Crippen LogP contribution in [0.15, 0.2) is 24.3 Å². The summed E-state index contributed by atoms with van der Waals surface area (Å²) in [6, 6.07) is 8.32. The highest BCUT2D eigenvalue weighted by atomic mass is 16.5. The Labute approximate surface area is 145 Å². The third-order valence-corrected chi connectivity index (χ3v) is 4.62. The van der Waals surface area contributed by atoms with E-state index >= 15 is 0 Å². The zero-order valence-electron chi connectivity index (χ0n) is 15.1. The summed E-state index contributed by atoms with van der Waals surface area (Å²) < 4.78 is 11.1. The van der Waals surface area contributed by atoms with Crippen molar-refractivity contribution in [2.45, 2.75) is 45.2 Å². The van der Waals surface area contributed by atoms with Crippen LogP contribution in [-0.4, -0.2) is 56.3 Å². The van der Waals surface area contributed by atoms with Gasteiger partial charge in [0, 0.05) is 25.6 Å². The average molecular weight is 334 g/mol. The van der Waals surface area contributed by atoms with Gasteiger partial charge in [-0.05, 0) is 45.9 Å². The first-order chi connectivity index (χ1) is 11.6. The molecule has 1 N–H and O–H groups in total. The standard InChI is InChI=1S/C19H30N2O3/c1-4-23-19(22)18(21-12-9-16(20-3)10-13-21)11-14-24-17-7-5-15(2)6-8-17/h5-8,16,18,20H,4,9-14H2,1-3H3. The number of nitrogens with zero attached hydrogens (tertiary/aromatic N) is 1. The first-order valence-corrected chi connectivity index (χ1v) is 8.91. The molecule has 1 heterocycles. The number of carbonyl (C=O) groups is 1. The van der Waals surface area contributed by atoms with E-state index in [2.05, 4.69) is 17.1 Å². The molecule has 0 aromatic heterocycles. The highest BCUT2D eigenvalue weighted by Crippen LogP contribution is 2.18. The van der Waals surface area contributed by atoms with Gasteiger partial charge in [0.2, 0.25) is 0 Å². The predicted octanol–water partition coefficient (Wildman–Crippen LogP) is 2.38. The number of piperidine rings is 1. The largest absolute Gasteiger partial charge is 0.494 e. The average Bonchev–Trinajstić information content (AvgIpc) is 2.60. The lowest BCUT2D eigenvalue weighted by Crippen LogP contribution is -2.49. The Hall–Kier alpha value is -1.59. The van der Waals surface area contributed by atoms with Gasteiger partial charge in [-0.3, -0.25) is 9.69 Å². The molecule has 2 rings (SSSR count). The van der Waals surface area contributed by atoms with Crippen LogP contribution in [0, 0.1) is 6.92 Å². The Bertz CT molecular complexity index is 496. The number of ether oxygens (including phenoxy) is 2. The number of aryl methyl sites for hydroxylation is 1. The van der Waals surface area contributed by atoms with E-state index in [1.807, 2.05) is 38.2 Å². The van der Waals surface area contributed by atoms with E-state index < -0.39 is 0 Å². The van der Waals surface area contributed by atoms with Gasteiger partial charge >= 0.3 is 5.97 Å². The summed E-state index contributed by atoms with van der Waals surface area (Å²) in [7, 11) is 2.00. The van der Waals surface area contributed by atoms with Crippen molar-refractivity contribution in [3.63, 3.8) is 0 Å². The lowest BCUT2D eigenvalue weighted by Gasteiger charge is -2.36. The number of esters is 1. The first-order valence-electron chi connectivity index (χ1n) is 8.91. The Morgan fingerprint density at radius 2 is 1.96 bits per heavy atom. The molecule has 1 unspecified atom stereocenters. The molecule has 0 spiro atoms. The maximum Gasteiger partial charge on any atom is 0.323 e. The van der Waals surface area contributed by atoms with Crippen molar-refractivity contribution >= 4 is 5.97 Å². The third-order valence-electron chi connectivity index (χ3n) is 4.62. The second-order valence-electron chi connectivity index (χ2n) is 6.32. The van der Waals surface area contributed by atoms with Gasteiger partial charge in [0.15, 0.2) is 0 Å². The molecule has 1 aliphatic rings. The Morgan fingerprint density at radius 3 is 2.54 bits per heavy atom. The number of likely N-dealkylation sites (tertiary alicyclic amines) is 1. The van der Waals surface area contributed by atoms with Crippen LogP contribution in [0.5, 0.6) is 5.75 Å². The number of hydrogen-bond acceptors (Lipinski definition) is 5. The molecule has 0 amide bonds. The maximum absolute atomic E-state index is 12.3. The van der Waals surface area contributed by atoms with Gasteiger partial charge in [0.05, 0.1) is 13.2 Å². The summed E-state index contributed by atoms with van der Waals surface area (Å²) in [6.45, 7) is 6.67. The van der Waals surface area contributed by atoms with Crippen LogP contribution in [0.3, 0.4) is 0 Å². The number of rotatable bonds is 8. The van der Waals surface area contributed by atoms with Crippen molar-refractivity contribution in [1.29, 1.82) is 0 Å². The van der Waals surface area contributed by atoms with Gasteiger partial charge in [0.25, 0.3) is 0 Å². The summed E-state index contributed by atoms with van der Waals surface area (Å²) in [5.41, 5.74) is 1.21. The highest BCUT2D eigenvalue weighted by molar-refractivity contribution is 5.75. The zero-order valence-corrected chi connectivity index (χ0v) is 15.1. The van der Waals surface area contributed by atoms with Gasteiger partial charge in [-0.2, -0.15) is 0 Å². The zero-order chi connectivity index (χ0) is 17.4. The van der Waals surface area contributed by atoms with Crippen molar-refractivity contribution in [2.24, 2.45) is 0 Å². The Kier molecular flexibility index (Phi) is 7.53. The van der Waals surface area contributed by atoms with Crippen LogP contribution in [0.2, 0.25) is 0 Å². The van der Waals surface area contributed by atoms with E-state index in [0.29, 0.717) is 25.7 Å².